The fraction of sp³-hybridized carbons (Fsp3) is 0.789. The molecule has 3 rings (SSSR count). The third kappa shape index (κ3) is 4.82. The minimum Gasteiger partial charge on any atom is -0.376 e. The van der Waals surface area contributed by atoms with Crippen molar-refractivity contribution in [2.45, 2.75) is 63.9 Å². The predicted molar refractivity (Wildman–Crippen MR) is 92.5 cm³/mol. The summed E-state index contributed by atoms with van der Waals surface area (Å²) in [5, 5.41) is 2.99. The second-order valence-corrected chi connectivity index (χ2v) is 7.33. The number of nitrogens with one attached hydrogen (secondary N) is 1. The molecule has 1 N–H and O–H groups in total. The molecule has 0 radical (unpaired) electrons. The molecule has 2 fully saturated rings. The van der Waals surface area contributed by atoms with Gasteiger partial charge in [-0.05, 0) is 57.3 Å². The number of likely N-dealkylation sites (tertiary alicyclic amines) is 1. The zero-order valence-electron chi connectivity index (χ0n) is 14.6. The third-order valence-corrected chi connectivity index (χ3v) is 5.55. The summed E-state index contributed by atoms with van der Waals surface area (Å²) in [6, 6.07) is 0. The van der Waals surface area contributed by atoms with Crippen LogP contribution in [-0.4, -0.2) is 49.1 Å². The number of ether oxygens (including phenoxy) is 1. The van der Waals surface area contributed by atoms with E-state index in [-0.39, 0.29) is 17.9 Å². The van der Waals surface area contributed by atoms with Crippen LogP contribution >= 0.6 is 0 Å². The summed E-state index contributed by atoms with van der Waals surface area (Å²) in [7, 11) is 0. The van der Waals surface area contributed by atoms with Crippen molar-refractivity contribution in [2.24, 2.45) is 5.92 Å². The maximum Gasteiger partial charge on any atom is 0.249 e. The van der Waals surface area contributed by atoms with E-state index in [9.17, 15) is 9.59 Å². The molecular formula is C19H30N2O3. The van der Waals surface area contributed by atoms with Gasteiger partial charge >= 0.3 is 0 Å². The minimum absolute atomic E-state index is 0.139. The summed E-state index contributed by atoms with van der Waals surface area (Å²) in [4.78, 5) is 26.3. The zero-order chi connectivity index (χ0) is 16.8. The van der Waals surface area contributed by atoms with Gasteiger partial charge in [-0.15, -0.1) is 0 Å². The Morgan fingerprint density at radius 1 is 1.21 bits per heavy atom. The van der Waals surface area contributed by atoms with Gasteiger partial charge in [0.25, 0.3) is 0 Å². The van der Waals surface area contributed by atoms with Crippen molar-refractivity contribution >= 4 is 11.8 Å². The molecular weight excluding hydrogens is 304 g/mol. The minimum atomic E-state index is 0.139. The van der Waals surface area contributed by atoms with Crippen LogP contribution in [0.4, 0.5) is 0 Å². The number of hydrogen-bond donors (Lipinski definition) is 1. The number of rotatable bonds is 6. The van der Waals surface area contributed by atoms with Crippen molar-refractivity contribution in [3.8, 4) is 0 Å². The van der Waals surface area contributed by atoms with Crippen LogP contribution < -0.4 is 5.32 Å². The van der Waals surface area contributed by atoms with E-state index in [4.69, 9.17) is 4.74 Å². The fourth-order valence-corrected chi connectivity index (χ4v) is 3.95. The lowest BCUT2D eigenvalue weighted by Gasteiger charge is -2.32. The lowest BCUT2D eigenvalue weighted by Crippen LogP contribution is -2.39. The molecule has 3 aliphatic rings. The summed E-state index contributed by atoms with van der Waals surface area (Å²) in [6.45, 7) is 3.17. The number of amides is 2. The molecule has 0 aromatic carbocycles. The van der Waals surface area contributed by atoms with Gasteiger partial charge in [0, 0.05) is 38.2 Å². The molecule has 24 heavy (non-hydrogen) atoms. The Balaban J connectivity index is 1.30. The van der Waals surface area contributed by atoms with Crippen molar-refractivity contribution in [2.75, 3.05) is 26.2 Å². The van der Waals surface area contributed by atoms with Crippen LogP contribution in [-0.2, 0) is 14.3 Å². The monoisotopic (exact) mass is 334 g/mol. The summed E-state index contributed by atoms with van der Waals surface area (Å²) in [5.41, 5.74) is 1.02. The molecule has 1 aliphatic carbocycles. The lowest BCUT2D eigenvalue weighted by molar-refractivity contribution is -0.129. The number of carbonyl (C=O) groups is 2. The van der Waals surface area contributed by atoms with Gasteiger partial charge in [-0.3, -0.25) is 9.59 Å². The molecule has 0 spiro atoms. The van der Waals surface area contributed by atoms with Crippen molar-refractivity contribution < 1.29 is 14.3 Å². The number of nitrogens with zero attached hydrogens (tertiary/aromatic N) is 1. The van der Waals surface area contributed by atoms with Gasteiger partial charge in [-0.25, -0.2) is 0 Å². The first-order valence-corrected chi connectivity index (χ1v) is 9.59. The molecule has 0 bridgehead atoms. The van der Waals surface area contributed by atoms with E-state index < -0.39 is 0 Å². The van der Waals surface area contributed by atoms with Crippen LogP contribution in [0.15, 0.2) is 11.6 Å². The molecule has 5 nitrogen and oxygen atoms in total. The predicted octanol–water partition coefficient (Wildman–Crippen LogP) is 2.41. The Kier molecular flexibility index (Phi) is 6.30. The molecule has 134 valence electrons. The smallest absolute Gasteiger partial charge is 0.249 e. The van der Waals surface area contributed by atoms with Crippen LogP contribution in [0.2, 0.25) is 0 Å². The number of hydrogen-bond acceptors (Lipinski definition) is 3. The highest BCUT2D eigenvalue weighted by Gasteiger charge is 2.26. The van der Waals surface area contributed by atoms with Crippen molar-refractivity contribution in [1.29, 1.82) is 0 Å². The first kappa shape index (κ1) is 17.5. The summed E-state index contributed by atoms with van der Waals surface area (Å²) < 4.78 is 5.52. The Labute approximate surface area is 144 Å². The maximum absolute atomic E-state index is 12.4. The first-order valence-electron chi connectivity index (χ1n) is 9.59. The van der Waals surface area contributed by atoms with Gasteiger partial charge in [-0.1, -0.05) is 6.08 Å². The van der Waals surface area contributed by atoms with Crippen molar-refractivity contribution in [3.63, 3.8) is 0 Å². The van der Waals surface area contributed by atoms with E-state index >= 15 is 0 Å². The van der Waals surface area contributed by atoms with Crippen LogP contribution in [0.5, 0.6) is 0 Å². The molecule has 2 amide bonds. The van der Waals surface area contributed by atoms with E-state index in [0.29, 0.717) is 18.9 Å². The van der Waals surface area contributed by atoms with E-state index in [2.05, 4.69) is 11.4 Å². The molecule has 5 heteroatoms. The van der Waals surface area contributed by atoms with Gasteiger partial charge < -0.3 is 15.0 Å². The average molecular weight is 334 g/mol. The quantitative estimate of drug-likeness (QED) is 0.811. The second kappa shape index (κ2) is 8.65. The average Bonchev–Trinajstić information content (AvgIpc) is 3.31. The first-order chi connectivity index (χ1) is 11.7. The molecule has 0 saturated carbocycles. The molecule has 1 unspecified atom stereocenters. The molecule has 2 saturated heterocycles. The topological polar surface area (TPSA) is 58.6 Å². The number of piperidine rings is 1. The second-order valence-electron chi connectivity index (χ2n) is 7.33. The van der Waals surface area contributed by atoms with E-state index in [1.54, 1.807) is 0 Å². The standard InChI is InChI=1S/C19H30N2O3/c22-18(20-14-17-6-3-13-24-17)8-7-15-9-11-21(12-10-15)19(23)16-4-1-2-5-16/h4,15,17H,1-3,5-14H2,(H,20,22). The molecule has 2 heterocycles. The molecule has 2 aliphatic heterocycles. The van der Waals surface area contributed by atoms with Gasteiger partial charge in [0.15, 0.2) is 0 Å². The van der Waals surface area contributed by atoms with Gasteiger partial charge in [0.1, 0.15) is 0 Å². The number of allylic oxidation sites excluding steroid dienone is 1. The van der Waals surface area contributed by atoms with E-state index in [1.165, 1.54) is 0 Å². The molecule has 0 aromatic rings. The zero-order valence-corrected chi connectivity index (χ0v) is 14.6. The number of carbonyl (C=O) groups excluding carboxylic acids is 2. The van der Waals surface area contributed by atoms with Gasteiger partial charge in [0.2, 0.25) is 11.8 Å². The Bertz CT molecular complexity index is 475. The highest BCUT2D eigenvalue weighted by molar-refractivity contribution is 5.93. The van der Waals surface area contributed by atoms with Gasteiger partial charge in [0.05, 0.1) is 6.10 Å². The largest absolute Gasteiger partial charge is 0.376 e. The van der Waals surface area contributed by atoms with E-state index in [0.717, 1.165) is 76.6 Å². The summed E-state index contributed by atoms with van der Waals surface area (Å²) in [5.74, 6) is 0.959. The highest BCUT2D eigenvalue weighted by Crippen LogP contribution is 2.25. The summed E-state index contributed by atoms with van der Waals surface area (Å²) in [6.07, 6.45) is 11.2. The van der Waals surface area contributed by atoms with Crippen LogP contribution in [0.1, 0.15) is 57.8 Å². The summed E-state index contributed by atoms with van der Waals surface area (Å²) >= 11 is 0. The van der Waals surface area contributed by atoms with Crippen LogP contribution in [0.25, 0.3) is 0 Å². The highest BCUT2D eigenvalue weighted by atomic mass is 16.5. The maximum atomic E-state index is 12.4. The fourth-order valence-electron chi connectivity index (χ4n) is 3.95. The SMILES string of the molecule is O=C(CCC1CCN(C(=O)C2=CCCC2)CC1)NCC1CCCO1. The third-order valence-electron chi connectivity index (χ3n) is 5.55. The molecule has 1 atom stereocenters. The van der Waals surface area contributed by atoms with Crippen LogP contribution in [0.3, 0.4) is 0 Å². The van der Waals surface area contributed by atoms with Gasteiger partial charge in [-0.2, -0.15) is 0 Å². The Morgan fingerprint density at radius 2 is 2.04 bits per heavy atom. The Hall–Kier alpha value is -1.36. The van der Waals surface area contributed by atoms with Crippen molar-refractivity contribution in [3.05, 3.63) is 11.6 Å². The van der Waals surface area contributed by atoms with E-state index in [1.807, 2.05) is 4.90 Å². The molecule has 0 aromatic heterocycles. The Morgan fingerprint density at radius 3 is 2.71 bits per heavy atom. The van der Waals surface area contributed by atoms with Crippen molar-refractivity contribution in [1.82, 2.24) is 10.2 Å². The van der Waals surface area contributed by atoms with Crippen LogP contribution in [0, 0.1) is 5.92 Å². The normalized spacial score (nSPS) is 24.9. The lowest BCUT2D eigenvalue weighted by atomic mass is 9.91.